The highest BCUT2D eigenvalue weighted by atomic mass is 19.4. The van der Waals surface area contributed by atoms with Crippen LogP contribution in [0.5, 0.6) is 0 Å². The molecule has 2 aromatic rings. The molecule has 1 unspecified atom stereocenters. The van der Waals surface area contributed by atoms with Crippen molar-refractivity contribution in [2.24, 2.45) is 0 Å². The quantitative estimate of drug-likeness (QED) is 0.808. The molecule has 0 aromatic heterocycles. The Bertz CT molecular complexity index is 853. The van der Waals surface area contributed by atoms with Crippen LogP contribution < -0.4 is 5.32 Å². The predicted octanol–water partition coefficient (Wildman–Crippen LogP) is 4.29. The second-order valence-corrected chi connectivity index (χ2v) is 7.18. The molecule has 1 atom stereocenters. The van der Waals surface area contributed by atoms with E-state index in [1.807, 2.05) is 30.3 Å². The second-order valence-electron chi connectivity index (χ2n) is 7.18. The van der Waals surface area contributed by atoms with Gasteiger partial charge in [0.2, 0.25) is 11.8 Å². The smallest absolute Gasteiger partial charge is 0.350 e. The monoisotopic (exact) mass is 404 g/mol. The van der Waals surface area contributed by atoms with Crippen molar-refractivity contribution in [1.82, 2.24) is 10.2 Å². The predicted molar refractivity (Wildman–Crippen MR) is 103 cm³/mol. The fraction of sp³-hybridized carbons (Fsp3) is 0.364. The lowest BCUT2D eigenvalue weighted by atomic mass is 10.1. The number of carbonyl (C=O) groups is 2. The summed E-state index contributed by atoms with van der Waals surface area (Å²) in [5.74, 6) is -0.417. The molecule has 1 aliphatic heterocycles. The minimum absolute atomic E-state index is 0.0212. The van der Waals surface area contributed by atoms with Gasteiger partial charge in [-0.1, -0.05) is 48.9 Å². The standard InChI is InChI=1S/C22H23F3N2O2/c23-22(24,25)18-10-6-9-17(13-18)14-26-21(29)19-11-4-5-12-20(28)27(19)15-16-7-2-1-3-8-16/h1-3,6-10,13,19H,4-5,11-12,14-15H2,(H,26,29). The van der Waals surface area contributed by atoms with Crippen molar-refractivity contribution in [2.45, 2.75) is 51.0 Å². The summed E-state index contributed by atoms with van der Waals surface area (Å²) in [6.07, 6.45) is -2.03. The third-order valence-electron chi connectivity index (χ3n) is 5.03. The molecule has 1 N–H and O–H groups in total. The van der Waals surface area contributed by atoms with Crippen LogP contribution in [-0.4, -0.2) is 22.8 Å². The first-order chi connectivity index (χ1) is 13.8. The summed E-state index contributed by atoms with van der Waals surface area (Å²) >= 11 is 0. The summed E-state index contributed by atoms with van der Waals surface area (Å²) in [6, 6.07) is 13.7. The molecular weight excluding hydrogens is 381 g/mol. The van der Waals surface area contributed by atoms with Crippen LogP contribution in [0.25, 0.3) is 0 Å². The third kappa shape index (κ3) is 5.59. The van der Waals surface area contributed by atoms with Gasteiger partial charge in [-0.25, -0.2) is 0 Å². The van der Waals surface area contributed by atoms with Crippen LogP contribution in [0, 0.1) is 0 Å². The van der Waals surface area contributed by atoms with Gasteiger partial charge in [0, 0.05) is 19.5 Å². The summed E-state index contributed by atoms with van der Waals surface area (Å²) in [5, 5.41) is 2.71. The van der Waals surface area contributed by atoms with Crippen molar-refractivity contribution in [3.63, 3.8) is 0 Å². The lowest BCUT2D eigenvalue weighted by molar-refractivity contribution is -0.140. The molecule has 1 saturated heterocycles. The number of benzene rings is 2. The first-order valence-corrected chi connectivity index (χ1v) is 9.62. The molecule has 1 fully saturated rings. The molecule has 154 valence electrons. The second kappa shape index (κ2) is 9.11. The number of carbonyl (C=O) groups excluding carboxylic acids is 2. The minimum Gasteiger partial charge on any atom is -0.350 e. The molecule has 3 rings (SSSR count). The van der Waals surface area contributed by atoms with Crippen LogP contribution in [0.1, 0.15) is 42.4 Å². The first-order valence-electron chi connectivity index (χ1n) is 9.62. The number of hydrogen-bond acceptors (Lipinski definition) is 2. The molecule has 0 bridgehead atoms. The maximum absolute atomic E-state index is 12.9. The Morgan fingerprint density at radius 3 is 2.48 bits per heavy atom. The van der Waals surface area contributed by atoms with Gasteiger partial charge >= 0.3 is 6.18 Å². The van der Waals surface area contributed by atoms with E-state index >= 15 is 0 Å². The third-order valence-corrected chi connectivity index (χ3v) is 5.03. The van der Waals surface area contributed by atoms with Crippen molar-refractivity contribution < 1.29 is 22.8 Å². The van der Waals surface area contributed by atoms with E-state index in [0.717, 1.165) is 30.5 Å². The molecule has 7 heteroatoms. The van der Waals surface area contributed by atoms with E-state index in [9.17, 15) is 22.8 Å². The number of alkyl halides is 3. The number of likely N-dealkylation sites (tertiary alicyclic amines) is 1. The first kappa shape index (κ1) is 20.9. The summed E-state index contributed by atoms with van der Waals surface area (Å²) in [7, 11) is 0. The van der Waals surface area contributed by atoms with Gasteiger partial charge in [-0.15, -0.1) is 0 Å². The van der Waals surface area contributed by atoms with Crippen LogP contribution in [-0.2, 0) is 28.9 Å². The normalized spacial score (nSPS) is 17.7. The van der Waals surface area contributed by atoms with Gasteiger partial charge in [-0.3, -0.25) is 9.59 Å². The van der Waals surface area contributed by atoms with Crippen molar-refractivity contribution in [2.75, 3.05) is 0 Å². The number of nitrogens with zero attached hydrogens (tertiary/aromatic N) is 1. The van der Waals surface area contributed by atoms with Gasteiger partial charge in [-0.2, -0.15) is 13.2 Å². The zero-order valence-corrected chi connectivity index (χ0v) is 15.9. The summed E-state index contributed by atoms with van der Waals surface area (Å²) < 4.78 is 38.6. The highest BCUT2D eigenvalue weighted by Crippen LogP contribution is 2.29. The summed E-state index contributed by atoms with van der Waals surface area (Å²) in [4.78, 5) is 27.0. The zero-order valence-electron chi connectivity index (χ0n) is 15.9. The van der Waals surface area contributed by atoms with Gasteiger partial charge in [0.1, 0.15) is 6.04 Å². The largest absolute Gasteiger partial charge is 0.416 e. The Hall–Kier alpha value is -2.83. The Morgan fingerprint density at radius 1 is 1.03 bits per heavy atom. The van der Waals surface area contributed by atoms with Crippen molar-refractivity contribution >= 4 is 11.8 Å². The molecule has 4 nitrogen and oxygen atoms in total. The topological polar surface area (TPSA) is 49.4 Å². The Morgan fingerprint density at radius 2 is 1.76 bits per heavy atom. The Kier molecular flexibility index (Phi) is 6.56. The minimum atomic E-state index is -4.43. The van der Waals surface area contributed by atoms with E-state index in [0.29, 0.717) is 24.9 Å². The fourth-order valence-electron chi connectivity index (χ4n) is 3.50. The SMILES string of the molecule is O=C(NCc1cccc(C(F)(F)F)c1)C1CCCCC(=O)N1Cc1ccccc1. The van der Waals surface area contributed by atoms with Crippen LogP contribution in [0.4, 0.5) is 13.2 Å². The van der Waals surface area contributed by atoms with Gasteiger partial charge in [0.25, 0.3) is 0 Å². The molecule has 29 heavy (non-hydrogen) atoms. The lowest BCUT2D eigenvalue weighted by Gasteiger charge is -2.29. The van der Waals surface area contributed by atoms with E-state index in [1.165, 1.54) is 12.1 Å². The number of nitrogens with one attached hydrogen (secondary N) is 1. The molecule has 2 aromatic carbocycles. The van der Waals surface area contributed by atoms with E-state index in [-0.39, 0.29) is 18.4 Å². The molecule has 0 saturated carbocycles. The number of hydrogen-bond donors (Lipinski definition) is 1. The maximum atomic E-state index is 12.9. The molecule has 0 aliphatic carbocycles. The van der Waals surface area contributed by atoms with Crippen molar-refractivity contribution in [1.29, 1.82) is 0 Å². The van der Waals surface area contributed by atoms with Gasteiger partial charge < -0.3 is 10.2 Å². The highest BCUT2D eigenvalue weighted by molar-refractivity contribution is 5.88. The van der Waals surface area contributed by atoms with Crippen LogP contribution in [0.3, 0.4) is 0 Å². The van der Waals surface area contributed by atoms with Gasteiger partial charge in [0.05, 0.1) is 5.56 Å². The molecule has 1 aliphatic rings. The van der Waals surface area contributed by atoms with Crippen LogP contribution in [0.2, 0.25) is 0 Å². The molecule has 0 radical (unpaired) electrons. The Balaban J connectivity index is 1.70. The lowest BCUT2D eigenvalue weighted by Crippen LogP contribution is -2.48. The molecule has 1 heterocycles. The van der Waals surface area contributed by atoms with Gasteiger partial charge in [-0.05, 0) is 36.1 Å². The Labute approximate surface area is 167 Å². The van der Waals surface area contributed by atoms with E-state index in [1.54, 1.807) is 4.90 Å². The average molecular weight is 404 g/mol. The highest BCUT2D eigenvalue weighted by Gasteiger charge is 2.32. The molecule has 0 spiro atoms. The average Bonchev–Trinajstić information content (AvgIpc) is 2.88. The maximum Gasteiger partial charge on any atom is 0.416 e. The van der Waals surface area contributed by atoms with Crippen molar-refractivity contribution in [3.8, 4) is 0 Å². The molecule has 2 amide bonds. The van der Waals surface area contributed by atoms with Gasteiger partial charge in [0.15, 0.2) is 0 Å². The summed E-state index contributed by atoms with van der Waals surface area (Å²) in [6.45, 7) is 0.313. The van der Waals surface area contributed by atoms with Crippen LogP contribution in [0.15, 0.2) is 54.6 Å². The number of halogens is 3. The van der Waals surface area contributed by atoms with Crippen molar-refractivity contribution in [3.05, 3.63) is 71.3 Å². The molecular formula is C22H23F3N2O2. The fourth-order valence-corrected chi connectivity index (χ4v) is 3.50. The number of rotatable bonds is 5. The zero-order chi connectivity index (χ0) is 20.9. The number of amides is 2. The van der Waals surface area contributed by atoms with E-state index < -0.39 is 17.8 Å². The van der Waals surface area contributed by atoms with Crippen LogP contribution >= 0.6 is 0 Å². The van der Waals surface area contributed by atoms with E-state index in [2.05, 4.69) is 5.32 Å². The summed E-state index contributed by atoms with van der Waals surface area (Å²) in [5.41, 5.74) is 0.542. The van der Waals surface area contributed by atoms with E-state index in [4.69, 9.17) is 0 Å².